The first-order valence-corrected chi connectivity index (χ1v) is 8.04. The van der Waals surface area contributed by atoms with Crippen LogP contribution in [0.2, 0.25) is 0 Å². The summed E-state index contributed by atoms with van der Waals surface area (Å²) in [6.45, 7) is 2.13. The van der Waals surface area contributed by atoms with Crippen LogP contribution in [0, 0.1) is 11.3 Å². The van der Waals surface area contributed by atoms with Gasteiger partial charge in [-0.2, -0.15) is 5.10 Å². The number of fused-ring (bicyclic) bond motifs is 2. The van der Waals surface area contributed by atoms with E-state index in [0.29, 0.717) is 32.0 Å². The van der Waals surface area contributed by atoms with Crippen molar-refractivity contribution in [2.24, 2.45) is 18.4 Å². The third kappa shape index (κ3) is 2.87. The van der Waals surface area contributed by atoms with E-state index in [1.165, 1.54) is 0 Å². The molecule has 0 spiro atoms. The fourth-order valence-electron chi connectivity index (χ4n) is 3.73. The second-order valence-electron chi connectivity index (χ2n) is 6.51. The van der Waals surface area contributed by atoms with Crippen LogP contribution in [0.25, 0.3) is 10.9 Å². The maximum atomic E-state index is 12.9. The Morgan fingerprint density at radius 3 is 2.88 bits per heavy atom. The van der Waals surface area contributed by atoms with E-state index in [-0.39, 0.29) is 30.3 Å². The van der Waals surface area contributed by atoms with Crippen LogP contribution in [0.15, 0.2) is 24.3 Å². The molecule has 4 rings (SSSR count). The van der Waals surface area contributed by atoms with Gasteiger partial charge in [0.1, 0.15) is 0 Å². The van der Waals surface area contributed by atoms with E-state index in [1.807, 2.05) is 36.2 Å². The number of nitrogens with zero attached hydrogens (tertiary/aromatic N) is 3. The van der Waals surface area contributed by atoms with Gasteiger partial charge >= 0.3 is 0 Å². The molecule has 2 N–H and O–H groups in total. The minimum Gasteiger partial charge on any atom is -0.483 e. The van der Waals surface area contributed by atoms with E-state index in [2.05, 4.69) is 5.10 Å². The second-order valence-corrected chi connectivity index (χ2v) is 6.51. The zero-order valence-electron chi connectivity index (χ0n) is 14.0. The number of aliphatic hydroxyl groups is 1. The fraction of sp³-hybridized carbons (Fsp3) is 0.471. The lowest BCUT2D eigenvalue weighted by atomic mass is 9.82. The standard InChI is InChI=1S/C16H19N3O3.CH2O2/c1-18-13-5-3-2-4-12(13)14(17-18)15(21)19-6-11-7-22-10-16(11,8-19)9-20;2-1-3/h2-5,11,20H,6-10H2,1H3;1H,(H,2,3)/t11-,16-;/m0./s1. The number of para-hydroxylation sites is 1. The molecule has 0 saturated carbocycles. The molecule has 1 aromatic heterocycles. The molecule has 2 fully saturated rings. The van der Waals surface area contributed by atoms with Crippen molar-refractivity contribution < 1.29 is 24.5 Å². The van der Waals surface area contributed by atoms with Crippen LogP contribution < -0.4 is 0 Å². The van der Waals surface area contributed by atoms with Crippen molar-refractivity contribution in [2.75, 3.05) is 32.9 Å². The van der Waals surface area contributed by atoms with Gasteiger partial charge in [0.15, 0.2) is 5.69 Å². The van der Waals surface area contributed by atoms with Crippen LogP contribution in [0.1, 0.15) is 10.5 Å². The van der Waals surface area contributed by atoms with Gasteiger partial charge in [0, 0.05) is 36.9 Å². The maximum absolute atomic E-state index is 12.9. The van der Waals surface area contributed by atoms with Crippen LogP contribution in [0.4, 0.5) is 0 Å². The topological polar surface area (TPSA) is 105 Å². The lowest BCUT2D eigenvalue weighted by Gasteiger charge is -2.23. The smallest absolute Gasteiger partial charge is 0.290 e. The Balaban J connectivity index is 0.000000569. The number of ether oxygens (including phenoxy) is 1. The summed E-state index contributed by atoms with van der Waals surface area (Å²) in [5, 5.41) is 21.9. The first-order valence-electron chi connectivity index (χ1n) is 8.04. The number of carbonyl (C=O) groups is 2. The number of rotatable bonds is 2. The summed E-state index contributed by atoms with van der Waals surface area (Å²) >= 11 is 0. The van der Waals surface area contributed by atoms with Gasteiger partial charge in [0.2, 0.25) is 0 Å². The molecule has 0 aliphatic carbocycles. The van der Waals surface area contributed by atoms with Crippen molar-refractivity contribution in [1.29, 1.82) is 0 Å². The van der Waals surface area contributed by atoms with Gasteiger partial charge < -0.3 is 19.8 Å². The van der Waals surface area contributed by atoms with E-state index in [0.717, 1.165) is 10.9 Å². The van der Waals surface area contributed by atoms with E-state index < -0.39 is 0 Å². The van der Waals surface area contributed by atoms with Crippen LogP contribution in [0.5, 0.6) is 0 Å². The number of aromatic nitrogens is 2. The van der Waals surface area contributed by atoms with E-state index >= 15 is 0 Å². The average molecular weight is 347 g/mol. The molecule has 25 heavy (non-hydrogen) atoms. The molecular weight excluding hydrogens is 326 g/mol. The first-order chi connectivity index (χ1) is 12.1. The van der Waals surface area contributed by atoms with Gasteiger partial charge in [-0.1, -0.05) is 18.2 Å². The Morgan fingerprint density at radius 1 is 1.48 bits per heavy atom. The molecule has 0 bridgehead atoms. The van der Waals surface area contributed by atoms with E-state index in [4.69, 9.17) is 14.6 Å². The maximum Gasteiger partial charge on any atom is 0.290 e. The Hall–Kier alpha value is -2.45. The molecule has 2 aliphatic rings. The quantitative estimate of drug-likeness (QED) is 0.760. The average Bonchev–Trinajstić information content (AvgIpc) is 3.26. The molecule has 134 valence electrons. The molecule has 8 heteroatoms. The van der Waals surface area contributed by atoms with Crippen LogP contribution in [-0.2, 0) is 16.6 Å². The number of carbonyl (C=O) groups excluding carboxylic acids is 1. The van der Waals surface area contributed by atoms with Gasteiger partial charge in [0.25, 0.3) is 12.4 Å². The Kier molecular flexibility index (Phi) is 4.73. The van der Waals surface area contributed by atoms with Crippen LogP contribution >= 0.6 is 0 Å². The summed E-state index contributed by atoms with van der Waals surface area (Å²) in [5.74, 6) is 0.162. The predicted molar refractivity (Wildman–Crippen MR) is 89.1 cm³/mol. The molecule has 2 aliphatic heterocycles. The SMILES string of the molecule is Cn1nc(C(=O)N2C[C@H]3COC[C@@]3(CO)C2)c2ccccc21.O=CO. The van der Waals surface area contributed by atoms with Crippen molar-refractivity contribution in [3.8, 4) is 0 Å². The molecule has 3 heterocycles. The number of aryl methyl sites for hydroxylation is 1. The number of aliphatic hydroxyl groups excluding tert-OH is 1. The summed E-state index contributed by atoms with van der Waals surface area (Å²) in [4.78, 5) is 23.1. The highest BCUT2D eigenvalue weighted by Crippen LogP contribution is 2.41. The lowest BCUT2D eigenvalue weighted by Crippen LogP contribution is -2.36. The third-order valence-electron chi connectivity index (χ3n) is 5.08. The molecule has 2 aromatic rings. The van der Waals surface area contributed by atoms with Gasteiger partial charge in [0.05, 0.1) is 25.3 Å². The van der Waals surface area contributed by atoms with E-state index in [9.17, 15) is 9.90 Å². The van der Waals surface area contributed by atoms with Crippen molar-refractivity contribution >= 4 is 23.3 Å². The molecule has 0 unspecified atom stereocenters. The number of likely N-dealkylation sites (tertiary alicyclic amines) is 1. The highest BCUT2D eigenvalue weighted by Gasteiger charge is 2.51. The second kappa shape index (κ2) is 6.81. The summed E-state index contributed by atoms with van der Waals surface area (Å²) in [6.07, 6.45) is 0. The molecule has 1 aromatic carbocycles. The monoisotopic (exact) mass is 347 g/mol. The summed E-state index contributed by atoms with van der Waals surface area (Å²) in [5.41, 5.74) is 1.15. The molecule has 1 amide bonds. The van der Waals surface area contributed by atoms with Gasteiger partial charge in [-0.05, 0) is 6.07 Å². The summed E-state index contributed by atoms with van der Waals surface area (Å²) in [7, 11) is 1.85. The van der Waals surface area contributed by atoms with Crippen molar-refractivity contribution in [3.63, 3.8) is 0 Å². The molecular formula is C17H21N3O5. The van der Waals surface area contributed by atoms with Crippen molar-refractivity contribution in [1.82, 2.24) is 14.7 Å². The van der Waals surface area contributed by atoms with Crippen LogP contribution in [-0.4, -0.2) is 70.2 Å². The molecule has 2 saturated heterocycles. The minimum absolute atomic E-state index is 0.0565. The number of hydrogen-bond acceptors (Lipinski definition) is 5. The van der Waals surface area contributed by atoms with Crippen molar-refractivity contribution in [2.45, 2.75) is 0 Å². The Morgan fingerprint density at radius 2 is 2.20 bits per heavy atom. The Bertz CT molecular complexity index is 790. The van der Waals surface area contributed by atoms with E-state index in [1.54, 1.807) is 4.68 Å². The number of benzene rings is 1. The normalized spacial score (nSPS) is 24.7. The highest BCUT2D eigenvalue weighted by atomic mass is 16.5. The van der Waals surface area contributed by atoms with Gasteiger partial charge in [-0.25, -0.2) is 0 Å². The van der Waals surface area contributed by atoms with Gasteiger partial charge in [-0.3, -0.25) is 14.3 Å². The summed E-state index contributed by atoms with van der Waals surface area (Å²) < 4.78 is 7.24. The zero-order chi connectivity index (χ0) is 18.0. The third-order valence-corrected chi connectivity index (χ3v) is 5.08. The lowest BCUT2D eigenvalue weighted by molar-refractivity contribution is -0.122. The number of hydrogen-bond donors (Lipinski definition) is 2. The zero-order valence-corrected chi connectivity index (χ0v) is 14.0. The number of carboxylic acid groups (broad SMARTS) is 1. The number of amides is 1. The minimum atomic E-state index is -0.291. The largest absolute Gasteiger partial charge is 0.483 e. The Labute approximate surface area is 144 Å². The molecule has 0 radical (unpaired) electrons. The van der Waals surface area contributed by atoms with Crippen LogP contribution in [0.3, 0.4) is 0 Å². The first kappa shape index (κ1) is 17.4. The molecule has 2 atom stereocenters. The predicted octanol–water partition coefficient (Wildman–Crippen LogP) is 0.355. The summed E-state index contributed by atoms with van der Waals surface area (Å²) in [6, 6.07) is 7.75. The van der Waals surface area contributed by atoms with Gasteiger partial charge in [-0.15, -0.1) is 0 Å². The highest BCUT2D eigenvalue weighted by molar-refractivity contribution is 6.05. The van der Waals surface area contributed by atoms with Crippen molar-refractivity contribution in [3.05, 3.63) is 30.0 Å². The fourth-order valence-corrected chi connectivity index (χ4v) is 3.73. The molecule has 8 nitrogen and oxygen atoms in total.